The van der Waals surface area contributed by atoms with Gasteiger partial charge in [-0.2, -0.15) is 0 Å². The van der Waals surface area contributed by atoms with E-state index in [9.17, 15) is 14.0 Å². The van der Waals surface area contributed by atoms with E-state index in [1.54, 1.807) is 29.0 Å². The van der Waals surface area contributed by atoms with E-state index in [1.165, 1.54) is 23.5 Å². The molecule has 7 nitrogen and oxygen atoms in total. The highest BCUT2D eigenvalue weighted by Gasteiger charge is 2.24. The predicted octanol–water partition coefficient (Wildman–Crippen LogP) is 1.95. The van der Waals surface area contributed by atoms with Crippen LogP contribution >= 0.6 is 11.3 Å². The molecule has 2 amide bonds. The molecule has 2 aromatic rings. The smallest absolute Gasteiger partial charge is 0.239 e. The van der Waals surface area contributed by atoms with Gasteiger partial charge in [-0.1, -0.05) is 23.5 Å². The molecule has 26 heavy (non-hydrogen) atoms. The zero-order valence-corrected chi connectivity index (χ0v) is 15.3. The molecule has 1 aliphatic rings. The fraction of sp³-hybridized carbons (Fsp3) is 0.412. The summed E-state index contributed by atoms with van der Waals surface area (Å²) in [7, 11) is 1.75. The van der Waals surface area contributed by atoms with Gasteiger partial charge in [-0.15, -0.1) is 10.2 Å². The number of benzene rings is 1. The lowest BCUT2D eigenvalue weighted by Crippen LogP contribution is -2.35. The fourth-order valence-corrected chi connectivity index (χ4v) is 3.47. The number of amides is 2. The molecule has 1 aromatic heterocycles. The summed E-state index contributed by atoms with van der Waals surface area (Å²) in [5.74, 6) is -0.416. The number of halogens is 1. The Morgan fingerprint density at radius 3 is 2.81 bits per heavy atom. The van der Waals surface area contributed by atoms with E-state index in [1.807, 2.05) is 0 Å². The lowest BCUT2D eigenvalue weighted by molar-refractivity contribution is -0.120. The van der Waals surface area contributed by atoms with E-state index in [2.05, 4.69) is 15.5 Å². The van der Waals surface area contributed by atoms with Crippen LogP contribution in [0.1, 0.15) is 24.8 Å². The molecular formula is C17H20FN5O2S. The van der Waals surface area contributed by atoms with Crippen molar-refractivity contribution in [2.75, 3.05) is 29.9 Å². The Balaban J connectivity index is 1.52. The molecule has 0 atom stereocenters. The summed E-state index contributed by atoms with van der Waals surface area (Å²) >= 11 is 1.30. The SMILES string of the molecule is CN(CC(=O)NCc1ccc(F)cc1)c1nnc(N2CCCCC2=O)s1. The van der Waals surface area contributed by atoms with Gasteiger partial charge in [0.05, 0.1) is 6.54 Å². The highest BCUT2D eigenvalue weighted by Crippen LogP contribution is 2.28. The van der Waals surface area contributed by atoms with Crippen LogP contribution in [0.4, 0.5) is 14.7 Å². The molecule has 3 rings (SSSR count). The maximum absolute atomic E-state index is 12.9. The number of carbonyl (C=O) groups is 2. The molecule has 0 aliphatic carbocycles. The molecule has 1 fully saturated rings. The van der Waals surface area contributed by atoms with Gasteiger partial charge >= 0.3 is 0 Å². The van der Waals surface area contributed by atoms with Crippen LogP contribution in [-0.2, 0) is 16.1 Å². The molecule has 0 radical (unpaired) electrons. The van der Waals surface area contributed by atoms with Gasteiger partial charge in [-0.3, -0.25) is 14.5 Å². The van der Waals surface area contributed by atoms with Crippen molar-refractivity contribution in [3.8, 4) is 0 Å². The first kappa shape index (κ1) is 18.2. The second-order valence-electron chi connectivity index (χ2n) is 6.13. The summed E-state index contributed by atoms with van der Waals surface area (Å²) in [6.45, 7) is 1.11. The topological polar surface area (TPSA) is 78.4 Å². The summed E-state index contributed by atoms with van der Waals surface area (Å²) in [6.07, 6.45) is 2.41. The largest absolute Gasteiger partial charge is 0.350 e. The van der Waals surface area contributed by atoms with Gasteiger partial charge in [0.1, 0.15) is 5.82 Å². The Hall–Kier alpha value is -2.55. The number of likely N-dealkylation sites (N-methyl/N-ethyl adjacent to an activating group) is 1. The summed E-state index contributed by atoms with van der Waals surface area (Å²) in [5, 5.41) is 12.1. The Morgan fingerprint density at radius 2 is 2.08 bits per heavy atom. The highest BCUT2D eigenvalue weighted by atomic mass is 32.1. The number of rotatable bonds is 6. The van der Waals surface area contributed by atoms with Gasteiger partial charge in [0.25, 0.3) is 0 Å². The average molecular weight is 377 g/mol. The van der Waals surface area contributed by atoms with Crippen molar-refractivity contribution in [3.63, 3.8) is 0 Å². The summed E-state index contributed by atoms with van der Waals surface area (Å²) in [5.41, 5.74) is 0.823. The molecule has 0 unspecified atom stereocenters. The second kappa shape index (κ2) is 8.22. The maximum atomic E-state index is 12.9. The molecule has 138 valence electrons. The molecule has 1 saturated heterocycles. The van der Waals surface area contributed by atoms with Crippen molar-refractivity contribution in [2.45, 2.75) is 25.8 Å². The summed E-state index contributed by atoms with van der Waals surface area (Å²) < 4.78 is 12.9. The van der Waals surface area contributed by atoms with Gasteiger partial charge in [-0.05, 0) is 30.5 Å². The van der Waals surface area contributed by atoms with Crippen molar-refractivity contribution in [1.82, 2.24) is 15.5 Å². The van der Waals surface area contributed by atoms with E-state index in [0.717, 1.165) is 18.4 Å². The number of aromatic nitrogens is 2. The number of anilines is 2. The van der Waals surface area contributed by atoms with Crippen LogP contribution in [0, 0.1) is 5.82 Å². The fourth-order valence-electron chi connectivity index (χ4n) is 2.62. The molecule has 0 spiro atoms. The number of hydrogen-bond donors (Lipinski definition) is 1. The van der Waals surface area contributed by atoms with E-state index in [-0.39, 0.29) is 24.2 Å². The zero-order valence-electron chi connectivity index (χ0n) is 14.4. The van der Waals surface area contributed by atoms with Gasteiger partial charge in [0.2, 0.25) is 22.1 Å². The van der Waals surface area contributed by atoms with Crippen molar-refractivity contribution < 1.29 is 14.0 Å². The van der Waals surface area contributed by atoms with Crippen molar-refractivity contribution >= 4 is 33.4 Å². The number of nitrogens with zero attached hydrogens (tertiary/aromatic N) is 4. The van der Waals surface area contributed by atoms with Crippen LogP contribution in [0.5, 0.6) is 0 Å². The molecule has 1 N–H and O–H groups in total. The number of hydrogen-bond acceptors (Lipinski definition) is 6. The minimum Gasteiger partial charge on any atom is -0.350 e. The quantitative estimate of drug-likeness (QED) is 0.832. The first-order chi connectivity index (χ1) is 12.5. The Morgan fingerprint density at radius 1 is 1.31 bits per heavy atom. The van der Waals surface area contributed by atoms with Crippen molar-refractivity contribution in [2.24, 2.45) is 0 Å². The Labute approximate surface area is 154 Å². The third-order valence-electron chi connectivity index (χ3n) is 4.07. The first-order valence-electron chi connectivity index (χ1n) is 8.39. The van der Waals surface area contributed by atoms with Gasteiger partial charge < -0.3 is 10.2 Å². The summed E-state index contributed by atoms with van der Waals surface area (Å²) in [6, 6.07) is 5.98. The van der Waals surface area contributed by atoms with Crippen LogP contribution in [0.15, 0.2) is 24.3 Å². The number of carbonyl (C=O) groups excluding carboxylic acids is 2. The first-order valence-corrected chi connectivity index (χ1v) is 9.21. The molecule has 2 heterocycles. The molecule has 1 aliphatic heterocycles. The van der Waals surface area contributed by atoms with E-state index in [0.29, 0.717) is 29.8 Å². The van der Waals surface area contributed by atoms with Crippen LogP contribution in [-0.4, -0.2) is 42.1 Å². The van der Waals surface area contributed by atoms with Crippen molar-refractivity contribution in [3.05, 3.63) is 35.6 Å². The minimum atomic E-state index is -0.306. The highest BCUT2D eigenvalue weighted by molar-refractivity contribution is 7.19. The molecular weight excluding hydrogens is 357 g/mol. The minimum absolute atomic E-state index is 0.0682. The van der Waals surface area contributed by atoms with Gasteiger partial charge in [-0.25, -0.2) is 4.39 Å². The van der Waals surface area contributed by atoms with E-state index < -0.39 is 0 Å². The monoisotopic (exact) mass is 377 g/mol. The standard InChI is InChI=1S/C17H20FN5O2S/c1-22(11-14(24)19-10-12-5-7-13(18)8-6-12)16-20-21-17(26-16)23-9-3-2-4-15(23)25/h5-8H,2-4,9-11H2,1H3,(H,19,24). The number of nitrogens with one attached hydrogen (secondary N) is 1. The third kappa shape index (κ3) is 4.54. The van der Waals surface area contributed by atoms with Crippen molar-refractivity contribution in [1.29, 1.82) is 0 Å². The molecule has 0 saturated carbocycles. The third-order valence-corrected chi connectivity index (χ3v) is 5.13. The van der Waals surface area contributed by atoms with Gasteiger partial charge in [0, 0.05) is 26.6 Å². The Kier molecular flexibility index (Phi) is 5.77. The van der Waals surface area contributed by atoms with E-state index >= 15 is 0 Å². The summed E-state index contributed by atoms with van der Waals surface area (Å²) in [4.78, 5) is 27.4. The van der Waals surface area contributed by atoms with Crippen LogP contribution < -0.4 is 15.1 Å². The zero-order chi connectivity index (χ0) is 18.5. The number of piperidine rings is 1. The average Bonchev–Trinajstić information content (AvgIpc) is 3.12. The second-order valence-corrected chi connectivity index (χ2v) is 7.06. The van der Waals surface area contributed by atoms with Crippen LogP contribution in [0.2, 0.25) is 0 Å². The van der Waals surface area contributed by atoms with Gasteiger partial charge in [0.15, 0.2) is 0 Å². The maximum Gasteiger partial charge on any atom is 0.239 e. The Bertz CT molecular complexity index is 780. The molecule has 1 aromatic carbocycles. The van der Waals surface area contributed by atoms with Crippen LogP contribution in [0.25, 0.3) is 0 Å². The predicted molar refractivity (Wildman–Crippen MR) is 97.6 cm³/mol. The van der Waals surface area contributed by atoms with Crippen LogP contribution in [0.3, 0.4) is 0 Å². The molecule has 9 heteroatoms. The normalized spacial score (nSPS) is 14.4. The lowest BCUT2D eigenvalue weighted by atomic mass is 10.1. The lowest BCUT2D eigenvalue weighted by Gasteiger charge is -2.23. The molecule has 0 bridgehead atoms. The van der Waals surface area contributed by atoms with E-state index in [4.69, 9.17) is 0 Å².